The van der Waals surface area contributed by atoms with E-state index < -0.39 is 12.0 Å². The highest BCUT2D eigenvalue weighted by atomic mass is 16.4. The normalized spacial score (nSPS) is 23.7. The molecular weight excluding hydrogens is 222 g/mol. The lowest BCUT2D eigenvalue weighted by molar-refractivity contribution is -0.142. The lowest BCUT2D eigenvalue weighted by atomic mass is 10.0. The minimum atomic E-state index is -0.966. The minimum absolute atomic E-state index is 0.0341. The van der Waals surface area contributed by atoms with Crippen molar-refractivity contribution in [1.82, 2.24) is 14.9 Å². The second kappa shape index (κ2) is 4.48. The molecule has 1 aromatic heterocycles. The fourth-order valence-electron chi connectivity index (χ4n) is 2.11. The molecule has 0 bridgehead atoms. The van der Waals surface area contributed by atoms with Gasteiger partial charge in [0.05, 0.1) is 6.20 Å². The van der Waals surface area contributed by atoms with Gasteiger partial charge in [0.25, 0.3) is 5.91 Å². The van der Waals surface area contributed by atoms with Crippen LogP contribution in [0.5, 0.6) is 0 Å². The van der Waals surface area contributed by atoms with Crippen molar-refractivity contribution in [1.29, 1.82) is 0 Å². The van der Waals surface area contributed by atoms with E-state index in [1.165, 1.54) is 23.5 Å². The van der Waals surface area contributed by atoms with Crippen molar-refractivity contribution in [2.75, 3.05) is 6.54 Å². The molecule has 17 heavy (non-hydrogen) atoms. The number of carboxylic acids is 1. The third-order valence-electron chi connectivity index (χ3n) is 3.00. The van der Waals surface area contributed by atoms with Gasteiger partial charge >= 0.3 is 5.97 Å². The number of amides is 1. The highest BCUT2D eigenvalue weighted by Crippen LogP contribution is 2.25. The van der Waals surface area contributed by atoms with Crippen LogP contribution < -0.4 is 0 Å². The van der Waals surface area contributed by atoms with Crippen LogP contribution in [-0.4, -0.2) is 44.4 Å². The van der Waals surface area contributed by atoms with Crippen LogP contribution in [0.3, 0.4) is 0 Å². The number of hydrogen-bond acceptors (Lipinski definition) is 4. The van der Waals surface area contributed by atoms with Gasteiger partial charge in [0.15, 0.2) is 0 Å². The standard InChI is InChI=1S/C11H13N3O3/c1-7-2-5-14(9(7)11(16)17)10(15)8-6-12-3-4-13-8/h3-4,6-7,9H,2,5H2,1H3,(H,16,17). The van der Waals surface area contributed by atoms with E-state index in [1.54, 1.807) is 0 Å². The maximum atomic E-state index is 12.1. The molecule has 6 nitrogen and oxygen atoms in total. The SMILES string of the molecule is CC1CCN(C(=O)c2cnccn2)C1C(=O)O. The number of hydrogen-bond donors (Lipinski definition) is 1. The maximum Gasteiger partial charge on any atom is 0.326 e. The van der Waals surface area contributed by atoms with Gasteiger partial charge in [-0.25, -0.2) is 9.78 Å². The zero-order chi connectivity index (χ0) is 12.4. The van der Waals surface area contributed by atoms with E-state index in [0.29, 0.717) is 13.0 Å². The second-order valence-electron chi connectivity index (χ2n) is 4.14. The number of rotatable bonds is 2. The van der Waals surface area contributed by atoms with Gasteiger partial charge in [0.1, 0.15) is 11.7 Å². The number of nitrogens with zero attached hydrogens (tertiary/aromatic N) is 3. The van der Waals surface area contributed by atoms with Crippen LogP contribution in [-0.2, 0) is 4.79 Å². The smallest absolute Gasteiger partial charge is 0.326 e. The molecule has 2 heterocycles. The van der Waals surface area contributed by atoms with E-state index in [1.807, 2.05) is 6.92 Å². The van der Waals surface area contributed by atoms with Crippen molar-refractivity contribution < 1.29 is 14.7 Å². The molecule has 1 aliphatic rings. The zero-order valence-corrected chi connectivity index (χ0v) is 9.41. The number of carbonyl (C=O) groups excluding carboxylic acids is 1. The van der Waals surface area contributed by atoms with Gasteiger partial charge in [-0.1, -0.05) is 6.92 Å². The molecule has 90 valence electrons. The Morgan fingerprint density at radius 2 is 2.24 bits per heavy atom. The first-order valence-electron chi connectivity index (χ1n) is 5.41. The van der Waals surface area contributed by atoms with Crippen LogP contribution in [0.25, 0.3) is 0 Å². The van der Waals surface area contributed by atoms with Gasteiger partial charge in [0.2, 0.25) is 0 Å². The number of aliphatic carboxylic acids is 1. The van der Waals surface area contributed by atoms with Gasteiger partial charge in [-0.05, 0) is 12.3 Å². The summed E-state index contributed by atoms with van der Waals surface area (Å²) in [5.41, 5.74) is 0.188. The van der Waals surface area contributed by atoms with E-state index in [2.05, 4.69) is 9.97 Å². The molecule has 0 aliphatic carbocycles. The van der Waals surface area contributed by atoms with Gasteiger partial charge in [-0.2, -0.15) is 0 Å². The summed E-state index contributed by atoms with van der Waals surface area (Å²) in [6, 6.07) is -0.760. The summed E-state index contributed by atoms with van der Waals surface area (Å²) in [5.74, 6) is -1.37. The highest BCUT2D eigenvalue weighted by Gasteiger charge is 2.40. The Balaban J connectivity index is 2.23. The largest absolute Gasteiger partial charge is 0.480 e. The maximum absolute atomic E-state index is 12.1. The van der Waals surface area contributed by atoms with Gasteiger partial charge in [-0.3, -0.25) is 9.78 Å². The fraction of sp³-hybridized carbons (Fsp3) is 0.455. The van der Waals surface area contributed by atoms with Crippen LogP contribution >= 0.6 is 0 Å². The lowest BCUT2D eigenvalue weighted by Crippen LogP contribution is -2.43. The number of carbonyl (C=O) groups is 2. The van der Waals surface area contributed by atoms with Crippen molar-refractivity contribution in [3.05, 3.63) is 24.3 Å². The Bertz CT molecular complexity index is 435. The first-order chi connectivity index (χ1) is 8.11. The highest BCUT2D eigenvalue weighted by molar-refractivity contribution is 5.95. The quantitative estimate of drug-likeness (QED) is 0.802. The molecule has 0 radical (unpaired) electrons. The summed E-state index contributed by atoms with van der Waals surface area (Å²) < 4.78 is 0. The third kappa shape index (κ3) is 2.11. The summed E-state index contributed by atoms with van der Waals surface area (Å²) >= 11 is 0. The second-order valence-corrected chi connectivity index (χ2v) is 4.14. The average molecular weight is 235 g/mol. The summed E-state index contributed by atoms with van der Waals surface area (Å²) in [6.45, 7) is 2.29. The van der Waals surface area contributed by atoms with E-state index in [9.17, 15) is 9.59 Å². The van der Waals surface area contributed by atoms with Crippen LogP contribution in [0.1, 0.15) is 23.8 Å². The van der Waals surface area contributed by atoms with Crippen LogP contribution in [0, 0.1) is 5.92 Å². The van der Waals surface area contributed by atoms with Crippen molar-refractivity contribution in [3.8, 4) is 0 Å². The van der Waals surface area contributed by atoms with Crippen molar-refractivity contribution >= 4 is 11.9 Å². The fourth-order valence-corrected chi connectivity index (χ4v) is 2.11. The van der Waals surface area contributed by atoms with Gasteiger partial charge in [0, 0.05) is 18.9 Å². The Morgan fingerprint density at radius 1 is 1.47 bits per heavy atom. The van der Waals surface area contributed by atoms with Gasteiger partial charge < -0.3 is 10.0 Å². The Morgan fingerprint density at radius 3 is 2.82 bits per heavy atom. The topological polar surface area (TPSA) is 83.4 Å². The molecule has 1 saturated heterocycles. The van der Waals surface area contributed by atoms with Crippen molar-refractivity contribution in [2.45, 2.75) is 19.4 Å². The number of likely N-dealkylation sites (tertiary alicyclic amines) is 1. The number of aromatic nitrogens is 2. The molecule has 1 N–H and O–H groups in total. The predicted octanol–water partition coefficient (Wildman–Crippen LogP) is 0.412. The van der Waals surface area contributed by atoms with E-state index in [-0.39, 0.29) is 17.5 Å². The summed E-state index contributed by atoms with van der Waals surface area (Å²) in [7, 11) is 0. The summed E-state index contributed by atoms with van der Waals surface area (Å²) in [6.07, 6.45) is 4.94. The lowest BCUT2D eigenvalue weighted by Gasteiger charge is -2.22. The predicted molar refractivity (Wildman–Crippen MR) is 58.3 cm³/mol. The molecule has 1 aromatic rings. The molecule has 2 atom stereocenters. The van der Waals surface area contributed by atoms with Gasteiger partial charge in [-0.15, -0.1) is 0 Å². The van der Waals surface area contributed by atoms with Crippen LogP contribution in [0.15, 0.2) is 18.6 Å². The Labute approximate surface area is 98.3 Å². The van der Waals surface area contributed by atoms with E-state index in [0.717, 1.165) is 0 Å². The molecule has 0 aromatic carbocycles. The molecule has 0 saturated carbocycles. The van der Waals surface area contributed by atoms with Crippen molar-refractivity contribution in [3.63, 3.8) is 0 Å². The first kappa shape index (κ1) is 11.5. The molecule has 2 unspecified atom stereocenters. The average Bonchev–Trinajstić information content (AvgIpc) is 2.71. The van der Waals surface area contributed by atoms with Crippen LogP contribution in [0.4, 0.5) is 0 Å². The molecule has 0 spiro atoms. The molecule has 1 aliphatic heterocycles. The number of carboxylic acid groups (broad SMARTS) is 1. The molecule has 2 rings (SSSR count). The monoisotopic (exact) mass is 235 g/mol. The molecule has 1 fully saturated rings. The molecular formula is C11H13N3O3. The molecule has 1 amide bonds. The van der Waals surface area contributed by atoms with Crippen molar-refractivity contribution in [2.24, 2.45) is 5.92 Å². The van der Waals surface area contributed by atoms with E-state index >= 15 is 0 Å². The molecule has 6 heteroatoms. The third-order valence-corrected chi connectivity index (χ3v) is 3.00. The Hall–Kier alpha value is -1.98. The minimum Gasteiger partial charge on any atom is -0.480 e. The van der Waals surface area contributed by atoms with Crippen LogP contribution in [0.2, 0.25) is 0 Å². The first-order valence-corrected chi connectivity index (χ1v) is 5.41. The Kier molecular flexibility index (Phi) is 3.03. The van der Waals surface area contributed by atoms with E-state index in [4.69, 9.17) is 5.11 Å². The zero-order valence-electron chi connectivity index (χ0n) is 9.41. The summed E-state index contributed by atoms with van der Waals surface area (Å²) in [4.78, 5) is 32.3. The summed E-state index contributed by atoms with van der Waals surface area (Å²) in [5, 5.41) is 9.12.